The molecule has 158 valence electrons. The lowest BCUT2D eigenvalue weighted by Gasteiger charge is -2.35. The standard InChI is InChI=1S/C21H27N3O3S.ClH/c22-15-7-5-11-24(13-15)19-14(12-18-20(25)23-21(26)28-18)6-4-10-17(19)27-16-8-2-1-3-9-16;/h4,6,10,12,15-16H,1-3,5,7-9,11,13,22H2,(H,23,25,26);1H/t15-;/m1./s1. The average molecular weight is 438 g/mol. The zero-order valence-corrected chi connectivity index (χ0v) is 18.0. The average Bonchev–Trinajstić information content (AvgIpc) is 3.00. The number of thioether (sulfide) groups is 1. The van der Waals surface area contributed by atoms with Gasteiger partial charge >= 0.3 is 0 Å². The summed E-state index contributed by atoms with van der Waals surface area (Å²) < 4.78 is 6.44. The fraction of sp³-hybridized carbons (Fsp3) is 0.524. The van der Waals surface area contributed by atoms with Crippen molar-refractivity contribution >= 4 is 47.1 Å². The third-order valence-electron chi connectivity index (χ3n) is 5.58. The van der Waals surface area contributed by atoms with Crippen LogP contribution < -0.4 is 20.7 Å². The van der Waals surface area contributed by atoms with Gasteiger partial charge < -0.3 is 15.4 Å². The lowest BCUT2D eigenvalue weighted by atomic mass is 9.97. The summed E-state index contributed by atoms with van der Waals surface area (Å²) in [6.45, 7) is 1.67. The fourth-order valence-corrected chi connectivity index (χ4v) is 4.90. The highest BCUT2D eigenvalue weighted by atomic mass is 35.5. The van der Waals surface area contributed by atoms with Crippen LogP contribution in [0.25, 0.3) is 6.08 Å². The normalized spacial score (nSPS) is 24.4. The van der Waals surface area contributed by atoms with E-state index in [1.807, 2.05) is 18.2 Å². The predicted molar refractivity (Wildman–Crippen MR) is 120 cm³/mol. The highest BCUT2D eigenvalue weighted by Crippen LogP contribution is 2.39. The number of halogens is 1. The van der Waals surface area contributed by atoms with Crippen molar-refractivity contribution in [2.75, 3.05) is 18.0 Å². The van der Waals surface area contributed by atoms with Gasteiger partial charge in [-0.15, -0.1) is 12.4 Å². The Kier molecular flexibility index (Phi) is 7.49. The molecule has 3 aliphatic rings. The van der Waals surface area contributed by atoms with Crippen LogP contribution in [0.1, 0.15) is 50.5 Å². The molecule has 2 amide bonds. The van der Waals surface area contributed by atoms with Crippen molar-refractivity contribution in [1.29, 1.82) is 0 Å². The van der Waals surface area contributed by atoms with Crippen molar-refractivity contribution < 1.29 is 14.3 Å². The summed E-state index contributed by atoms with van der Waals surface area (Å²) in [6.07, 6.45) is 9.93. The van der Waals surface area contributed by atoms with Gasteiger partial charge in [0, 0.05) is 24.7 Å². The van der Waals surface area contributed by atoms with Crippen LogP contribution in [0.15, 0.2) is 23.1 Å². The Hall–Kier alpha value is -1.70. The summed E-state index contributed by atoms with van der Waals surface area (Å²) in [4.78, 5) is 26.3. The molecule has 8 heteroatoms. The minimum Gasteiger partial charge on any atom is -0.488 e. The summed E-state index contributed by atoms with van der Waals surface area (Å²) in [5.41, 5.74) is 8.13. The lowest BCUT2D eigenvalue weighted by molar-refractivity contribution is -0.115. The maximum atomic E-state index is 12.0. The zero-order valence-electron chi connectivity index (χ0n) is 16.4. The Morgan fingerprint density at radius 2 is 1.93 bits per heavy atom. The highest BCUT2D eigenvalue weighted by molar-refractivity contribution is 8.18. The van der Waals surface area contributed by atoms with E-state index in [4.69, 9.17) is 10.5 Å². The number of benzene rings is 1. The van der Waals surface area contributed by atoms with Crippen molar-refractivity contribution in [3.8, 4) is 5.75 Å². The molecule has 1 aliphatic carbocycles. The van der Waals surface area contributed by atoms with E-state index in [0.29, 0.717) is 4.91 Å². The molecule has 2 heterocycles. The molecule has 1 aromatic carbocycles. The third-order valence-corrected chi connectivity index (χ3v) is 6.39. The third kappa shape index (κ3) is 5.27. The second-order valence-corrected chi connectivity index (χ2v) is 8.79. The van der Waals surface area contributed by atoms with Crippen molar-refractivity contribution in [3.63, 3.8) is 0 Å². The van der Waals surface area contributed by atoms with Gasteiger partial charge in [-0.3, -0.25) is 14.9 Å². The zero-order chi connectivity index (χ0) is 19.5. The van der Waals surface area contributed by atoms with Gasteiger partial charge in [-0.25, -0.2) is 0 Å². The molecule has 2 aliphatic heterocycles. The van der Waals surface area contributed by atoms with E-state index in [1.165, 1.54) is 19.3 Å². The Balaban J connectivity index is 0.00000240. The second kappa shape index (κ2) is 9.87. The molecule has 1 aromatic rings. The van der Waals surface area contributed by atoms with E-state index in [0.717, 1.165) is 67.5 Å². The number of carbonyl (C=O) groups excluding carboxylic acids is 2. The van der Waals surface area contributed by atoms with E-state index < -0.39 is 0 Å². The van der Waals surface area contributed by atoms with Crippen LogP contribution in [0.5, 0.6) is 5.75 Å². The topological polar surface area (TPSA) is 84.7 Å². The number of piperidine rings is 1. The van der Waals surface area contributed by atoms with E-state index in [1.54, 1.807) is 6.08 Å². The number of hydrogen-bond acceptors (Lipinski definition) is 6. The summed E-state index contributed by atoms with van der Waals surface area (Å²) in [5.74, 6) is 0.514. The van der Waals surface area contributed by atoms with Gasteiger partial charge in [-0.05, 0) is 62.4 Å². The minimum absolute atomic E-state index is 0. The van der Waals surface area contributed by atoms with Crippen molar-refractivity contribution in [2.24, 2.45) is 5.73 Å². The van der Waals surface area contributed by atoms with Crippen molar-refractivity contribution in [2.45, 2.75) is 57.1 Å². The molecule has 3 fully saturated rings. The summed E-state index contributed by atoms with van der Waals surface area (Å²) in [7, 11) is 0. The number of rotatable bonds is 4. The molecule has 0 aromatic heterocycles. The van der Waals surface area contributed by atoms with Gasteiger partial charge in [0.2, 0.25) is 0 Å². The minimum atomic E-state index is -0.338. The van der Waals surface area contributed by atoms with E-state index in [2.05, 4.69) is 10.2 Å². The van der Waals surface area contributed by atoms with Crippen LogP contribution in [-0.4, -0.2) is 36.4 Å². The first-order valence-electron chi connectivity index (χ1n) is 10.2. The SMILES string of the molecule is Cl.N[C@@H]1CCCN(c2c(C=C3SC(=O)NC3=O)cccc2OC2CCCCC2)C1. The van der Waals surface area contributed by atoms with Crippen molar-refractivity contribution in [1.82, 2.24) is 5.32 Å². The maximum Gasteiger partial charge on any atom is 0.290 e. The maximum absolute atomic E-state index is 12.0. The molecule has 29 heavy (non-hydrogen) atoms. The molecule has 1 atom stereocenters. The first-order valence-corrected chi connectivity index (χ1v) is 11.0. The largest absolute Gasteiger partial charge is 0.488 e. The van der Waals surface area contributed by atoms with E-state index in [9.17, 15) is 9.59 Å². The number of imide groups is 1. The van der Waals surface area contributed by atoms with E-state index >= 15 is 0 Å². The van der Waals surface area contributed by atoms with Crippen LogP contribution in [-0.2, 0) is 4.79 Å². The first kappa shape index (κ1) is 22.0. The van der Waals surface area contributed by atoms with Crippen LogP contribution in [0, 0.1) is 0 Å². The molecule has 1 saturated carbocycles. The monoisotopic (exact) mass is 437 g/mol. The number of nitrogens with zero attached hydrogens (tertiary/aromatic N) is 1. The number of nitrogens with one attached hydrogen (secondary N) is 1. The molecule has 3 N–H and O–H groups in total. The summed E-state index contributed by atoms with van der Waals surface area (Å²) >= 11 is 0.943. The lowest BCUT2D eigenvalue weighted by Crippen LogP contribution is -2.43. The fourth-order valence-electron chi connectivity index (χ4n) is 4.23. The van der Waals surface area contributed by atoms with Gasteiger partial charge in [0.25, 0.3) is 11.1 Å². The molecule has 4 rings (SSSR count). The number of amides is 2. The Morgan fingerprint density at radius 1 is 1.14 bits per heavy atom. The van der Waals surface area contributed by atoms with Crippen LogP contribution in [0.2, 0.25) is 0 Å². The van der Waals surface area contributed by atoms with Gasteiger partial charge in [0.05, 0.1) is 16.7 Å². The van der Waals surface area contributed by atoms with Crippen LogP contribution in [0.4, 0.5) is 10.5 Å². The first-order chi connectivity index (χ1) is 13.6. The Bertz CT molecular complexity index is 795. The Morgan fingerprint density at radius 3 is 2.62 bits per heavy atom. The molecule has 0 bridgehead atoms. The Labute approximate surface area is 182 Å². The molecule has 6 nitrogen and oxygen atoms in total. The predicted octanol–water partition coefficient (Wildman–Crippen LogP) is 4.07. The molecular formula is C21H28ClN3O3S. The number of carbonyl (C=O) groups is 2. The summed E-state index contributed by atoms with van der Waals surface area (Å²) in [5, 5.41) is 2.00. The van der Waals surface area contributed by atoms with Gasteiger partial charge in [0.15, 0.2) is 0 Å². The number of anilines is 1. The van der Waals surface area contributed by atoms with Gasteiger partial charge in [-0.1, -0.05) is 18.6 Å². The molecule has 0 spiro atoms. The molecule has 2 saturated heterocycles. The highest BCUT2D eigenvalue weighted by Gasteiger charge is 2.28. The smallest absolute Gasteiger partial charge is 0.290 e. The number of nitrogens with two attached hydrogens (primary N) is 1. The number of ether oxygens (including phenoxy) is 1. The van der Waals surface area contributed by atoms with E-state index in [-0.39, 0.29) is 35.7 Å². The second-order valence-electron chi connectivity index (χ2n) is 7.77. The van der Waals surface area contributed by atoms with Gasteiger partial charge in [-0.2, -0.15) is 0 Å². The van der Waals surface area contributed by atoms with Crippen LogP contribution in [0.3, 0.4) is 0 Å². The quantitative estimate of drug-likeness (QED) is 0.690. The molecule has 0 unspecified atom stereocenters. The number of hydrogen-bond donors (Lipinski definition) is 2. The van der Waals surface area contributed by atoms with Crippen LogP contribution >= 0.6 is 24.2 Å². The summed E-state index contributed by atoms with van der Waals surface area (Å²) in [6, 6.07) is 6.08. The molecule has 0 radical (unpaired) electrons. The molecular weight excluding hydrogens is 410 g/mol. The number of para-hydroxylation sites is 1. The van der Waals surface area contributed by atoms with Gasteiger partial charge in [0.1, 0.15) is 5.75 Å². The van der Waals surface area contributed by atoms with Crippen molar-refractivity contribution in [3.05, 3.63) is 28.7 Å².